The quantitative estimate of drug-likeness (QED) is 0.285. The van der Waals surface area contributed by atoms with Crippen molar-refractivity contribution in [3.63, 3.8) is 0 Å². The van der Waals surface area contributed by atoms with Crippen molar-refractivity contribution in [2.75, 3.05) is 25.4 Å². The highest BCUT2D eigenvalue weighted by atomic mass is 32.2. The molecule has 4 rings (SSSR count). The highest BCUT2D eigenvalue weighted by molar-refractivity contribution is 7.89. The number of non-ortho nitro benzene ring substituents is 1. The summed E-state index contributed by atoms with van der Waals surface area (Å²) in [5, 5.41) is 33.5. The average Bonchev–Trinajstić information content (AvgIpc) is 3.16. The van der Waals surface area contributed by atoms with Gasteiger partial charge in [-0.15, -0.1) is 10.2 Å². The third kappa shape index (κ3) is 4.92. The van der Waals surface area contributed by atoms with Gasteiger partial charge in [0.05, 0.1) is 16.3 Å². The Labute approximate surface area is 201 Å². The topological polar surface area (TPSA) is 169 Å². The molecule has 1 unspecified atom stereocenters. The first-order valence-corrected chi connectivity index (χ1v) is 12.4. The number of nitro groups is 1. The summed E-state index contributed by atoms with van der Waals surface area (Å²) in [6, 6.07) is 12.6. The number of aromatic nitrogens is 2. The van der Waals surface area contributed by atoms with Gasteiger partial charge in [-0.3, -0.25) is 10.1 Å². The summed E-state index contributed by atoms with van der Waals surface area (Å²) in [6.07, 6.45) is 1.28. The van der Waals surface area contributed by atoms with Crippen LogP contribution in [0, 0.1) is 23.0 Å². The average molecular weight is 500 g/mol. The first kappa shape index (κ1) is 24.4. The Morgan fingerprint density at radius 3 is 2.66 bits per heavy atom. The lowest BCUT2D eigenvalue weighted by molar-refractivity contribution is -0.385. The number of hydrogen-bond donors (Lipinski definition) is 2. The van der Waals surface area contributed by atoms with Crippen LogP contribution >= 0.6 is 0 Å². The summed E-state index contributed by atoms with van der Waals surface area (Å²) >= 11 is 0. The van der Waals surface area contributed by atoms with Gasteiger partial charge in [0.2, 0.25) is 10.0 Å². The van der Waals surface area contributed by atoms with Crippen molar-refractivity contribution < 1.29 is 18.4 Å². The molecule has 12 nitrogen and oxygen atoms in total. The van der Waals surface area contributed by atoms with E-state index in [1.165, 1.54) is 21.1 Å². The minimum Gasteiger partial charge on any atom is -0.396 e. The zero-order valence-electron chi connectivity index (χ0n) is 19.0. The number of anilines is 1. The van der Waals surface area contributed by atoms with Gasteiger partial charge >= 0.3 is 0 Å². The first-order chi connectivity index (χ1) is 16.7. The summed E-state index contributed by atoms with van der Waals surface area (Å²) in [6.45, 7) is 1.92. The number of nitrogens with zero attached hydrogens (tertiary/aromatic N) is 6. The highest BCUT2D eigenvalue weighted by Crippen LogP contribution is 2.36. The molecule has 0 amide bonds. The highest BCUT2D eigenvalue weighted by Gasteiger charge is 2.33. The number of aliphatic hydroxyl groups is 1. The zero-order chi connectivity index (χ0) is 25.2. The number of aliphatic hydroxyl groups excluding tert-OH is 1. The standard InChI is InChI=1S/C22H25N7O5S/c1-15-21(22(23)28(26-15)17-7-3-2-4-8-17)25-24-19-10-9-18(29(31)32)12-20(19)35(33,34)27-11-5-6-16(13-27)14-30/h2-4,7-10,12,16,30H,5-6,11,13-14,23H2,1H3. The van der Waals surface area contributed by atoms with Gasteiger partial charge in [-0.25, -0.2) is 13.1 Å². The summed E-state index contributed by atoms with van der Waals surface area (Å²) in [4.78, 5) is 10.4. The molecular weight excluding hydrogens is 474 g/mol. The van der Waals surface area contributed by atoms with Gasteiger partial charge < -0.3 is 10.8 Å². The molecule has 3 N–H and O–H groups in total. The maximum Gasteiger partial charge on any atom is 0.270 e. The molecule has 1 aromatic heterocycles. The molecule has 184 valence electrons. The second-order valence-electron chi connectivity index (χ2n) is 8.23. The van der Waals surface area contributed by atoms with Crippen LogP contribution in [0.3, 0.4) is 0 Å². The van der Waals surface area contributed by atoms with Crippen LogP contribution in [0.2, 0.25) is 0 Å². The van der Waals surface area contributed by atoms with Crippen molar-refractivity contribution in [2.45, 2.75) is 24.7 Å². The van der Waals surface area contributed by atoms with E-state index in [2.05, 4.69) is 15.3 Å². The van der Waals surface area contributed by atoms with Crippen LogP contribution in [0.5, 0.6) is 0 Å². The number of sulfonamides is 1. The molecule has 0 bridgehead atoms. The van der Waals surface area contributed by atoms with E-state index in [1.54, 1.807) is 6.92 Å². The Bertz CT molecular complexity index is 1370. The first-order valence-electron chi connectivity index (χ1n) is 10.9. The monoisotopic (exact) mass is 499 g/mol. The smallest absolute Gasteiger partial charge is 0.270 e. The fourth-order valence-corrected chi connectivity index (χ4v) is 5.67. The van der Waals surface area contributed by atoms with E-state index >= 15 is 0 Å². The number of para-hydroxylation sites is 1. The number of nitro benzene ring substituents is 1. The second-order valence-corrected chi connectivity index (χ2v) is 10.1. The van der Waals surface area contributed by atoms with Crippen LogP contribution in [0.4, 0.5) is 22.9 Å². The Morgan fingerprint density at radius 1 is 1.23 bits per heavy atom. The van der Waals surface area contributed by atoms with Gasteiger partial charge in [-0.2, -0.15) is 9.40 Å². The zero-order valence-corrected chi connectivity index (χ0v) is 19.8. The predicted octanol–water partition coefficient (Wildman–Crippen LogP) is 3.48. The summed E-state index contributed by atoms with van der Waals surface area (Å²) in [5.74, 6) is 0.0131. The van der Waals surface area contributed by atoms with Crippen molar-refractivity contribution in [1.82, 2.24) is 14.1 Å². The van der Waals surface area contributed by atoms with E-state index in [1.807, 2.05) is 30.3 Å². The van der Waals surface area contributed by atoms with Gasteiger partial charge in [0.1, 0.15) is 10.6 Å². The number of azo groups is 1. The third-order valence-electron chi connectivity index (χ3n) is 5.83. The summed E-state index contributed by atoms with van der Waals surface area (Å²) < 4.78 is 29.6. The van der Waals surface area contributed by atoms with Crippen LogP contribution in [-0.4, -0.2) is 52.2 Å². The van der Waals surface area contributed by atoms with E-state index in [4.69, 9.17) is 5.73 Å². The number of nitrogen functional groups attached to an aromatic ring is 1. The molecule has 2 aromatic carbocycles. The van der Waals surface area contributed by atoms with E-state index in [0.717, 1.165) is 11.8 Å². The summed E-state index contributed by atoms with van der Waals surface area (Å²) in [5.41, 5.74) is 7.25. The minimum atomic E-state index is -4.14. The lowest BCUT2D eigenvalue weighted by atomic mass is 10.0. The van der Waals surface area contributed by atoms with Gasteiger partial charge in [0.15, 0.2) is 11.5 Å². The van der Waals surface area contributed by atoms with Gasteiger partial charge in [0.25, 0.3) is 5.69 Å². The fraction of sp³-hybridized carbons (Fsp3) is 0.318. The lowest BCUT2D eigenvalue weighted by Crippen LogP contribution is -2.40. The fourth-order valence-electron chi connectivity index (χ4n) is 3.97. The molecule has 0 radical (unpaired) electrons. The van der Waals surface area contributed by atoms with E-state index in [-0.39, 0.29) is 53.4 Å². The molecule has 1 aliphatic rings. The van der Waals surface area contributed by atoms with Crippen molar-refractivity contribution >= 4 is 32.9 Å². The Hall–Kier alpha value is -3.68. The predicted molar refractivity (Wildman–Crippen MR) is 129 cm³/mol. The SMILES string of the molecule is Cc1nn(-c2ccccc2)c(N)c1N=Nc1ccc([N+](=O)[O-])cc1S(=O)(=O)N1CCCC(CO)C1. The minimum absolute atomic E-state index is 0.0621. The maximum atomic E-state index is 13.5. The number of nitrogens with two attached hydrogens (primary N) is 1. The van der Waals surface area contributed by atoms with E-state index in [0.29, 0.717) is 18.5 Å². The number of rotatable bonds is 7. The van der Waals surface area contributed by atoms with Crippen LogP contribution in [0.1, 0.15) is 18.5 Å². The molecule has 0 spiro atoms. The number of aryl methyl sites for hydroxylation is 1. The van der Waals surface area contributed by atoms with Gasteiger partial charge in [0, 0.05) is 31.8 Å². The van der Waals surface area contributed by atoms with Crippen LogP contribution in [0.15, 0.2) is 63.7 Å². The molecule has 35 heavy (non-hydrogen) atoms. The Morgan fingerprint density at radius 2 is 1.97 bits per heavy atom. The molecule has 0 aliphatic carbocycles. The number of hydrogen-bond acceptors (Lipinski definition) is 9. The summed E-state index contributed by atoms with van der Waals surface area (Å²) in [7, 11) is -4.14. The van der Waals surface area contributed by atoms with Crippen molar-refractivity contribution in [3.8, 4) is 5.69 Å². The lowest BCUT2D eigenvalue weighted by Gasteiger charge is -2.31. The van der Waals surface area contributed by atoms with Crippen molar-refractivity contribution in [1.29, 1.82) is 0 Å². The van der Waals surface area contributed by atoms with E-state index < -0.39 is 14.9 Å². The normalized spacial score (nSPS) is 17.1. The molecule has 2 heterocycles. The number of piperidine rings is 1. The second kappa shape index (κ2) is 9.90. The number of benzene rings is 2. The van der Waals surface area contributed by atoms with Crippen molar-refractivity contribution in [2.24, 2.45) is 16.1 Å². The maximum absolute atomic E-state index is 13.5. The molecule has 1 saturated heterocycles. The Balaban J connectivity index is 1.75. The molecule has 1 atom stereocenters. The largest absolute Gasteiger partial charge is 0.396 e. The Kier molecular flexibility index (Phi) is 6.91. The van der Waals surface area contributed by atoms with Crippen LogP contribution < -0.4 is 5.73 Å². The molecule has 1 aliphatic heterocycles. The van der Waals surface area contributed by atoms with Gasteiger partial charge in [-0.1, -0.05) is 18.2 Å². The van der Waals surface area contributed by atoms with Crippen molar-refractivity contribution in [3.05, 3.63) is 64.3 Å². The van der Waals surface area contributed by atoms with Crippen LogP contribution in [0.25, 0.3) is 5.69 Å². The van der Waals surface area contributed by atoms with Gasteiger partial charge in [-0.05, 0) is 43.9 Å². The molecular formula is C22H25N7O5S. The van der Waals surface area contributed by atoms with E-state index in [9.17, 15) is 23.6 Å². The molecule has 3 aromatic rings. The molecule has 1 fully saturated rings. The third-order valence-corrected chi connectivity index (χ3v) is 7.73. The van der Waals surface area contributed by atoms with Crippen LogP contribution in [-0.2, 0) is 10.0 Å². The molecule has 13 heteroatoms. The molecule has 0 saturated carbocycles.